The Labute approximate surface area is 114 Å². The van der Waals surface area contributed by atoms with Crippen molar-refractivity contribution in [3.05, 3.63) is 54.1 Å². The lowest BCUT2D eigenvalue weighted by Crippen LogP contribution is -2.24. The van der Waals surface area contributed by atoms with E-state index < -0.39 is 0 Å². The topological polar surface area (TPSA) is 49.5 Å². The minimum absolute atomic E-state index is 0.135. The summed E-state index contributed by atoms with van der Waals surface area (Å²) in [4.78, 5) is 0. The molecule has 0 spiro atoms. The van der Waals surface area contributed by atoms with Crippen molar-refractivity contribution in [3.63, 3.8) is 0 Å². The highest BCUT2D eigenvalue weighted by atomic mass is 16.3. The largest absolute Gasteiger partial charge is 0.508 e. The van der Waals surface area contributed by atoms with Crippen LogP contribution in [0.2, 0.25) is 0 Å². The average Bonchev–Trinajstić information content (AvgIpc) is 2.38. The number of aromatic hydroxyl groups is 1. The van der Waals surface area contributed by atoms with E-state index in [1.54, 1.807) is 29.3 Å². The van der Waals surface area contributed by atoms with Crippen LogP contribution in [0.25, 0.3) is 0 Å². The van der Waals surface area contributed by atoms with Crippen molar-refractivity contribution in [1.82, 2.24) is 0 Å². The number of hydrogen-bond acceptors (Lipinski definition) is 3. The first-order valence-electron chi connectivity index (χ1n) is 6.32. The van der Waals surface area contributed by atoms with Gasteiger partial charge in [0.2, 0.25) is 0 Å². The van der Waals surface area contributed by atoms with Gasteiger partial charge in [-0.3, -0.25) is 5.01 Å². The molecule has 0 unspecified atom stereocenters. The molecule has 2 aromatic rings. The fraction of sp³-hybridized carbons (Fsp3) is 0.250. The predicted molar refractivity (Wildman–Crippen MR) is 79.6 cm³/mol. The monoisotopic (exact) mass is 256 g/mol. The van der Waals surface area contributed by atoms with Crippen LogP contribution in [0, 0.1) is 0 Å². The summed E-state index contributed by atoms with van der Waals surface area (Å²) in [7, 11) is 0. The Kier molecular flexibility index (Phi) is 3.49. The van der Waals surface area contributed by atoms with Crippen LogP contribution < -0.4 is 10.9 Å². The van der Waals surface area contributed by atoms with Crippen molar-refractivity contribution in [2.45, 2.75) is 26.2 Å². The van der Waals surface area contributed by atoms with E-state index in [0.717, 1.165) is 11.4 Å². The Balaban J connectivity index is 2.25. The van der Waals surface area contributed by atoms with Gasteiger partial charge in [-0.05, 0) is 47.4 Å². The van der Waals surface area contributed by atoms with Crippen LogP contribution in [-0.2, 0) is 5.41 Å². The van der Waals surface area contributed by atoms with Crippen molar-refractivity contribution >= 4 is 11.4 Å². The Morgan fingerprint density at radius 1 is 0.842 bits per heavy atom. The summed E-state index contributed by atoms with van der Waals surface area (Å²) in [5.74, 6) is 6.31. The lowest BCUT2D eigenvalue weighted by Gasteiger charge is -2.22. The van der Waals surface area contributed by atoms with Crippen LogP contribution in [0.5, 0.6) is 5.75 Å². The molecule has 0 saturated heterocycles. The molecule has 0 atom stereocenters. The summed E-state index contributed by atoms with van der Waals surface area (Å²) in [6.07, 6.45) is 0. The lowest BCUT2D eigenvalue weighted by atomic mass is 9.87. The van der Waals surface area contributed by atoms with E-state index in [9.17, 15) is 5.11 Å². The summed E-state index contributed by atoms with van der Waals surface area (Å²) < 4.78 is 0. The van der Waals surface area contributed by atoms with Gasteiger partial charge in [-0.25, -0.2) is 5.84 Å². The van der Waals surface area contributed by atoms with Crippen LogP contribution in [0.4, 0.5) is 11.4 Å². The molecule has 0 aliphatic carbocycles. The minimum atomic E-state index is 0.135. The van der Waals surface area contributed by atoms with Gasteiger partial charge in [0.25, 0.3) is 0 Å². The number of nitrogens with zero attached hydrogens (tertiary/aromatic N) is 1. The molecule has 0 fully saturated rings. The van der Waals surface area contributed by atoms with E-state index in [-0.39, 0.29) is 11.2 Å². The molecule has 0 aliphatic heterocycles. The van der Waals surface area contributed by atoms with E-state index in [4.69, 9.17) is 5.84 Å². The second-order valence-corrected chi connectivity index (χ2v) is 5.68. The maximum absolute atomic E-state index is 9.28. The molecule has 0 radical (unpaired) electrons. The molecule has 19 heavy (non-hydrogen) atoms. The normalized spacial score (nSPS) is 11.4. The second kappa shape index (κ2) is 4.94. The molecular formula is C16H20N2O. The Morgan fingerprint density at radius 2 is 1.26 bits per heavy atom. The van der Waals surface area contributed by atoms with Crippen LogP contribution in [0.15, 0.2) is 48.5 Å². The Morgan fingerprint density at radius 3 is 1.68 bits per heavy atom. The highest BCUT2D eigenvalue weighted by Crippen LogP contribution is 2.27. The highest BCUT2D eigenvalue weighted by molar-refractivity contribution is 5.62. The number of rotatable bonds is 2. The number of hydrogen-bond donors (Lipinski definition) is 2. The summed E-state index contributed by atoms with van der Waals surface area (Å²) in [5.41, 5.74) is 3.16. The minimum Gasteiger partial charge on any atom is -0.508 e. The molecule has 2 rings (SSSR count). The number of phenols is 1. The van der Waals surface area contributed by atoms with Crippen molar-refractivity contribution in [2.24, 2.45) is 5.84 Å². The third kappa shape index (κ3) is 3.06. The summed E-state index contributed by atoms with van der Waals surface area (Å²) in [6, 6.07) is 15.0. The highest BCUT2D eigenvalue weighted by Gasteiger charge is 2.13. The molecule has 3 nitrogen and oxygen atoms in total. The molecule has 0 bridgehead atoms. The molecule has 2 aromatic carbocycles. The van der Waals surface area contributed by atoms with Crippen LogP contribution in [0.1, 0.15) is 26.3 Å². The second-order valence-electron chi connectivity index (χ2n) is 5.68. The summed E-state index contributed by atoms with van der Waals surface area (Å²) in [6.45, 7) is 6.55. The van der Waals surface area contributed by atoms with Gasteiger partial charge in [0.1, 0.15) is 5.75 Å². The molecule has 0 amide bonds. The van der Waals surface area contributed by atoms with Gasteiger partial charge in [-0.15, -0.1) is 0 Å². The van der Waals surface area contributed by atoms with Gasteiger partial charge in [0.15, 0.2) is 0 Å². The number of benzene rings is 2. The van der Waals surface area contributed by atoms with E-state index in [2.05, 4.69) is 32.9 Å². The zero-order valence-electron chi connectivity index (χ0n) is 11.6. The first-order chi connectivity index (χ1) is 8.88. The molecule has 0 aromatic heterocycles. The van der Waals surface area contributed by atoms with Gasteiger partial charge in [0, 0.05) is 0 Å². The van der Waals surface area contributed by atoms with Crippen molar-refractivity contribution < 1.29 is 5.11 Å². The fourth-order valence-corrected chi connectivity index (χ4v) is 1.88. The van der Waals surface area contributed by atoms with Crippen molar-refractivity contribution in [1.29, 1.82) is 0 Å². The third-order valence-corrected chi connectivity index (χ3v) is 3.14. The number of nitrogens with two attached hydrogens (primary N) is 1. The van der Waals surface area contributed by atoms with Crippen molar-refractivity contribution in [2.75, 3.05) is 5.01 Å². The van der Waals surface area contributed by atoms with Gasteiger partial charge < -0.3 is 5.11 Å². The van der Waals surface area contributed by atoms with Crippen LogP contribution in [0.3, 0.4) is 0 Å². The maximum Gasteiger partial charge on any atom is 0.115 e. The smallest absolute Gasteiger partial charge is 0.115 e. The van der Waals surface area contributed by atoms with Crippen LogP contribution >= 0.6 is 0 Å². The van der Waals surface area contributed by atoms with Gasteiger partial charge >= 0.3 is 0 Å². The van der Waals surface area contributed by atoms with Gasteiger partial charge in [0.05, 0.1) is 11.4 Å². The molecular weight excluding hydrogens is 236 g/mol. The Hall–Kier alpha value is -2.00. The van der Waals surface area contributed by atoms with E-state index in [1.807, 2.05) is 12.1 Å². The number of anilines is 2. The SMILES string of the molecule is CC(C)(C)c1ccc(N(N)c2ccc(O)cc2)cc1. The summed E-state index contributed by atoms with van der Waals surface area (Å²) in [5, 5.41) is 10.9. The molecule has 0 heterocycles. The maximum atomic E-state index is 9.28. The quantitative estimate of drug-likeness (QED) is 0.636. The zero-order chi connectivity index (χ0) is 14.0. The number of hydrazine groups is 1. The molecule has 0 aliphatic rings. The average molecular weight is 256 g/mol. The third-order valence-electron chi connectivity index (χ3n) is 3.14. The van der Waals surface area contributed by atoms with Gasteiger partial charge in [-0.1, -0.05) is 32.9 Å². The lowest BCUT2D eigenvalue weighted by molar-refractivity contribution is 0.475. The first kappa shape index (κ1) is 13.4. The van der Waals surface area contributed by atoms with Crippen LogP contribution in [-0.4, -0.2) is 5.11 Å². The van der Waals surface area contributed by atoms with E-state index in [1.165, 1.54) is 5.56 Å². The number of phenolic OH excluding ortho intramolecular Hbond substituents is 1. The molecule has 0 saturated carbocycles. The predicted octanol–water partition coefficient (Wildman–Crippen LogP) is 3.70. The molecule has 3 heteroatoms. The van der Waals surface area contributed by atoms with Crippen molar-refractivity contribution in [3.8, 4) is 5.75 Å². The standard InChI is InChI=1S/C16H20N2O/c1-16(2,3)12-4-6-13(7-5-12)18(17)14-8-10-15(19)11-9-14/h4-11,19H,17H2,1-3H3. The Bertz CT molecular complexity index is 538. The molecule has 3 N–H and O–H groups in total. The van der Waals surface area contributed by atoms with Gasteiger partial charge in [-0.2, -0.15) is 0 Å². The molecule has 100 valence electrons. The first-order valence-corrected chi connectivity index (χ1v) is 6.32. The fourth-order valence-electron chi connectivity index (χ4n) is 1.88. The summed E-state index contributed by atoms with van der Waals surface area (Å²) >= 11 is 0. The van der Waals surface area contributed by atoms with E-state index >= 15 is 0 Å². The zero-order valence-corrected chi connectivity index (χ0v) is 11.6. The van der Waals surface area contributed by atoms with E-state index in [0.29, 0.717) is 0 Å².